The van der Waals surface area contributed by atoms with Crippen LogP contribution in [0.3, 0.4) is 0 Å². The molecule has 0 spiro atoms. The highest BCUT2D eigenvalue weighted by Gasteiger charge is 2.61. The summed E-state index contributed by atoms with van der Waals surface area (Å²) in [5, 5.41) is 0. The molecule has 2 aliphatic carbocycles. The lowest BCUT2D eigenvalue weighted by atomic mass is 9.69. The van der Waals surface area contributed by atoms with Gasteiger partial charge in [0.1, 0.15) is 0 Å². The molecule has 0 N–H and O–H groups in total. The van der Waals surface area contributed by atoms with E-state index in [0.717, 1.165) is 24.4 Å². The van der Waals surface area contributed by atoms with Crippen molar-refractivity contribution in [3.63, 3.8) is 0 Å². The van der Waals surface area contributed by atoms with Gasteiger partial charge in [0.05, 0.1) is 0 Å². The van der Waals surface area contributed by atoms with E-state index in [2.05, 4.69) is 32.7 Å². The first-order valence-electron chi connectivity index (χ1n) is 10.2. The smallest absolute Gasteiger partial charge is 0.308 e. The molecule has 5 heteroatoms. The maximum Gasteiger partial charge on any atom is 0.308 e. The third kappa shape index (κ3) is 3.69. The number of likely N-dealkylation sites (N-methyl/N-ethyl adjacent to an activating group) is 1. The van der Waals surface area contributed by atoms with E-state index in [1.165, 1.54) is 33.1 Å². The van der Waals surface area contributed by atoms with Gasteiger partial charge in [-0.2, -0.15) is 0 Å². The number of nitrogens with zero attached hydrogens (tertiary/aromatic N) is 1. The first-order chi connectivity index (χ1) is 13.0. The molecule has 1 aromatic rings. The summed E-state index contributed by atoms with van der Waals surface area (Å²) >= 11 is 0. The van der Waals surface area contributed by atoms with Gasteiger partial charge in [-0.15, -0.1) is 0 Å². The molecule has 154 valence electrons. The number of ether oxygens (including phenoxy) is 2. The van der Waals surface area contributed by atoms with Crippen LogP contribution in [0, 0.1) is 16.7 Å². The molecule has 3 unspecified atom stereocenters. The van der Waals surface area contributed by atoms with E-state index in [0.29, 0.717) is 22.6 Å². The number of benzene rings is 1. The monoisotopic (exact) mass is 387 g/mol. The molecular weight excluding hydrogens is 354 g/mol. The number of rotatable bonds is 6. The van der Waals surface area contributed by atoms with Gasteiger partial charge >= 0.3 is 11.9 Å². The summed E-state index contributed by atoms with van der Waals surface area (Å²) < 4.78 is 10.4. The van der Waals surface area contributed by atoms with Crippen molar-refractivity contribution >= 4 is 11.9 Å². The van der Waals surface area contributed by atoms with Gasteiger partial charge < -0.3 is 14.4 Å². The van der Waals surface area contributed by atoms with Crippen LogP contribution in [0.2, 0.25) is 0 Å². The molecular formula is C23H33NO4. The molecule has 2 saturated carbocycles. The number of carbonyl (C=O) groups is 2. The van der Waals surface area contributed by atoms with Gasteiger partial charge in [0.25, 0.3) is 0 Å². The average molecular weight is 388 g/mol. The first kappa shape index (κ1) is 20.8. The van der Waals surface area contributed by atoms with Gasteiger partial charge in [0.15, 0.2) is 11.5 Å². The van der Waals surface area contributed by atoms with Crippen molar-refractivity contribution < 1.29 is 19.1 Å². The van der Waals surface area contributed by atoms with Crippen LogP contribution >= 0.6 is 0 Å². The second kappa shape index (κ2) is 7.51. The average Bonchev–Trinajstić information content (AvgIpc) is 2.94. The fraction of sp³-hybridized carbons (Fsp3) is 0.652. The Bertz CT molecular complexity index is 772. The quantitative estimate of drug-likeness (QED) is 0.540. The second-order valence-corrected chi connectivity index (χ2v) is 9.33. The summed E-state index contributed by atoms with van der Waals surface area (Å²) in [5.41, 5.74) is 1.83. The second-order valence-electron chi connectivity index (χ2n) is 9.33. The van der Waals surface area contributed by atoms with Crippen LogP contribution in [-0.4, -0.2) is 36.5 Å². The largest absolute Gasteiger partial charge is 0.423 e. The molecule has 3 atom stereocenters. The summed E-state index contributed by atoms with van der Waals surface area (Å²) in [6.45, 7) is 11.0. The van der Waals surface area contributed by atoms with Crippen molar-refractivity contribution in [2.45, 2.75) is 66.3 Å². The summed E-state index contributed by atoms with van der Waals surface area (Å²) in [6, 6.07) is 6.05. The summed E-state index contributed by atoms with van der Waals surface area (Å²) in [7, 11) is 2.23. The minimum absolute atomic E-state index is 0.280. The zero-order chi connectivity index (χ0) is 20.7. The third-order valence-corrected chi connectivity index (χ3v) is 7.55. The van der Waals surface area contributed by atoms with Crippen molar-refractivity contribution in [3.8, 4) is 11.5 Å². The molecule has 0 saturated heterocycles. The van der Waals surface area contributed by atoms with Crippen molar-refractivity contribution in [2.75, 3.05) is 13.6 Å². The van der Waals surface area contributed by atoms with Gasteiger partial charge in [-0.1, -0.05) is 26.8 Å². The minimum atomic E-state index is -0.437. The normalized spacial score (nSPS) is 27.8. The maximum absolute atomic E-state index is 11.4. The predicted molar refractivity (Wildman–Crippen MR) is 108 cm³/mol. The Morgan fingerprint density at radius 1 is 1.11 bits per heavy atom. The van der Waals surface area contributed by atoms with Crippen molar-refractivity contribution in [1.82, 2.24) is 4.90 Å². The number of carbonyl (C=O) groups excluding carboxylic acids is 2. The zero-order valence-electron chi connectivity index (χ0n) is 18.0. The van der Waals surface area contributed by atoms with Crippen molar-refractivity contribution in [2.24, 2.45) is 16.7 Å². The lowest BCUT2D eigenvalue weighted by Crippen LogP contribution is -2.46. The highest BCUT2D eigenvalue weighted by atomic mass is 16.6. The Hall–Kier alpha value is -1.88. The van der Waals surface area contributed by atoms with Crippen LogP contribution in [0.5, 0.6) is 11.5 Å². The SMILES string of the molecule is CC(=O)Oc1ccc(CCN(C)C2CC3CCC2(C)C3(C)C)cc1OC(C)=O. The van der Waals surface area contributed by atoms with Crippen molar-refractivity contribution in [1.29, 1.82) is 0 Å². The van der Waals surface area contributed by atoms with Crippen LogP contribution in [0.25, 0.3) is 0 Å². The fourth-order valence-electron chi connectivity index (χ4n) is 5.47. The molecule has 5 nitrogen and oxygen atoms in total. The number of hydrogen-bond acceptors (Lipinski definition) is 5. The Morgan fingerprint density at radius 2 is 1.75 bits per heavy atom. The molecule has 3 rings (SSSR count). The highest BCUT2D eigenvalue weighted by Crippen LogP contribution is 2.66. The first-order valence-corrected chi connectivity index (χ1v) is 10.2. The zero-order valence-corrected chi connectivity index (χ0v) is 18.0. The topological polar surface area (TPSA) is 55.8 Å². The molecule has 1 aromatic carbocycles. The van der Waals surface area contributed by atoms with Crippen LogP contribution in [0.4, 0.5) is 0 Å². The van der Waals surface area contributed by atoms with E-state index >= 15 is 0 Å². The van der Waals surface area contributed by atoms with E-state index < -0.39 is 11.9 Å². The van der Waals surface area contributed by atoms with Crippen molar-refractivity contribution in [3.05, 3.63) is 23.8 Å². The standard InChI is InChI=1S/C23H33NO4/c1-15(25)27-19-8-7-17(13-20(19)28-16(2)26)10-12-24(6)21-14-18-9-11-23(21,5)22(18,3)4/h7-8,13,18,21H,9-12,14H2,1-6H3. The Kier molecular flexibility index (Phi) is 5.59. The Balaban J connectivity index is 1.69. The summed E-state index contributed by atoms with van der Waals surface area (Å²) in [4.78, 5) is 25.2. The molecule has 2 fully saturated rings. The summed E-state index contributed by atoms with van der Waals surface area (Å²) in [6.07, 6.45) is 4.80. The van der Waals surface area contributed by atoms with Gasteiger partial charge in [0.2, 0.25) is 0 Å². The predicted octanol–water partition coefficient (Wildman–Crippen LogP) is 4.23. The number of hydrogen-bond donors (Lipinski definition) is 0. The number of esters is 2. The maximum atomic E-state index is 11.4. The minimum Gasteiger partial charge on any atom is -0.423 e. The molecule has 28 heavy (non-hydrogen) atoms. The summed E-state index contributed by atoms with van der Waals surface area (Å²) in [5.74, 6) is 0.536. The molecule has 0 amide bonds. The lowest BCUT2D eigenvalue weighted by molar-refractivity contribution is -0.134. The van der Waals surface area contributed by atoms with Crippen LogP contribution in [-0.2, 0) is 16.0 Å². The van der Waals surface area contributed by atoms with Gasteiger partial charge in [-0.3, -0.25) is 9.59 Å². The van der Waals surface area contributed by atoms with Crippen LogP contribution in [0.1, 0.15) is 59.4 Å². The Morgan fingerprint density at radius 3 is 2.29 bits per heavy atom. The lowest BCUT2D eigenvalue weighted by Gasteiger charge is -2.43. The van der Waals surface area contributed by atoms with E-state index in [-0.39, 0.29) is 5.75 Å². The van der Waals surface area contributed by atoms with E-state index in [9.17, 15) is 9.59 Å². The molecule has 0 aliphatic heterocycles. The molecule has 0 aromatic heterocycles. The van der Waals surface area contributed by atoms with Gasteiger partial charge in [-0.25, -0.2) is 0 Å². The molecule has 0 heterocycles. The Labute approximate surface area is 168 Å². The number of fused-ring (bicyclic) bond motifs is 2. The fourth-order valence-corrected chi connectivity index (χ4v) is 5.47. The van der Waals surface area contributed by atoms with E-state index in [1.807, 2.05) is 6.07 Å². The molecule has 2 bridgehead atoms. The highest BCUT2D eigenvalue weighted by molar-refractivity contribution is 5.73. The van der Waals surface area contributed by atoms with E-state index in [1.54, 1.807) is 12.1 Å². The van der Waals surface area contributed by atoms with Crippen LogP contribution < -0.4 is 9.47 Å². The van der Waals surface area contributed by atoms with Gasteiger partial charge in [0, 0.05) is 26.4 Å². The van der Waals surface area contributed by atoms with Gasteiger partial charge in [-0.05, 0) is 67.2 Å². The third-order valence-electron chi connectivity index (χ3n) is 7.55. The molecule has 0 radical (unpaired) electrons. The van der Waals surface area contributed by atoms with E-state index in [4.69, 9.17) is 9.47 Å². The molecule has 2 aliphatic rings. The van der Waals surface area contributed by atoms with Crippen LogP contribution in [0.15, 0.2) is 18.2 Å².